The summed E-state index contributed by atoms with van der Waals surface area (Å²) in [5.41, 5.74) is 4.76. The normalized spacial score (nSPS) is 13.2. The average molecular weight is 373 g/mol. The average Bonchev–Trinajstić information content (AvgIpc) is 2.72. The second kappa shape index (κ2) is 7.38. The van der Waals surface area contributed by atoms with E-state index in [-0.39, 0.29) is 5.91 Å². The molecule has 0 saturated carbocycles. The van der Waals surface area contributed by atoms with E-state index >= 15 is 0 Å². The zero-order valence-electron chi connectivity index (χ0n) is 16.4. The Morgan fingerprint density at radius 1 is 1.11 bits per heavy atom. The summed E-state index contributed by atoms with van der Waals surface area (Å²) < 4.78 is 0. The van der Waals surface area contributed by atoms with Gasteiger partial charge in [-0.25, -0.2) is 9.97 Å². The van der Waals surface area contributed by atoms with Crippen molar-refractivity contribution in [3.8, 4) is 11.4 Å². The molecule has 0 fully saturated rings. The zero-order valence-corrected chi connectivity index (χ0v) is 16.4. The molecular weight excluding hydrogens is 350 g/mol. The third kappa shape index (κ3) is 3.45. The second-order valence-corrected chi connectivity index (χ2v) is 7.27. The highest BCUT2D eigenvalue weighted by molar-refractivity contribution is 5.94. The summed E-state index contributed by atoms with van der Waals surface area (Å²) in [6.45, 7) is 3.15. The predicted molar refractivity (Wildman–Crippen MR) is 109 cm³/mol. The van der Waals surface area contributed by atoms with E-state index in [2.05, 4.69) is 4.98 Å². The standard InChI is InChI=1S/C22H23N5O/c1-15-5-4-6-17(13-15)22(28)27-12-9-18-19(14-27)24-20(25-21(18)26(2)3)16-7-10-23-11-8-16/h4-8,10-11,13H,9,12,14H2,1-3H3. The van der Waals surface area contributed by atoms with Crippen LogP contribution in [-0.2, 0) is 13.0 Å². The molecule has 0 atom stereocenters. The van der Waals surface area contributed by atoms with E-state index in [1.165, 1.54) is 0 Å². The lowest BCUT2D eigenvalue weighted by molar-refractivity contribution is 0.0732. The topological polar surface area (TPSA) is 62.2 Å². The minimum Gasteiger partial charge on any atom is -0.362 e. The van der Waals surface area contributed by atoms with Crippen LogP contribution in [0.1, 0.15) is 27.2 Å². The van der Waals surface area contributed by atoms with Crippen molar-refractivity contribution >= 4 is 11.7 Å². The number of fused-ring (bicyclic) bond motifs is 1. The summed E-state index contributed by atoms with van der Waals surface area (Å²) in [5, 5.41) is 0. The molecule has 6 nitrogen and oxygen atoms in total. The molecule has 0 N–H and O–H groups in total. The lowest BCUT2D eigenvalue weighted by Gasteiger charge is -2.31. The number of aryl methyl sites for hydroxylation is 1. The van der Waals surface area contributed by atoms with E-state index in [9.17, 15) is 4.79 Å². The van der Waals surface area contributed by atoms with Crippen LogP contribution in [0.15, 0.2) is 48.8 Å². The quantitative estimate of drug-likeness (QED) is 0.706. The molecule has 28 heavy (non-hydrogen) atoms. The Bertz CT molecular complexity index is 1020. The molecule has 3 heterocycles. The van der Waals surface area contributed by atoms with Crippen molar-refractivity contribution < 1.29 is 4.79 Å². The first-order valence-corrected chi connectivity index (χ1v) is 9.36. The van der Waals surface area contributed by atoms with Crippen molar-refractivity contribution in [2.45, 2.75) is 19.9 Å². The van der Waals surface area contributed by atoms with Gasteiger partial charge in [-0.05, 0) is 37.6 Å². The van der Waals surface area contributed by atoms with Crippen LogP contribution in [0, 0.1) is 6.92 Å². The van der Waals surface area contributed by atoms with Crippen molar-refractivity contribution in [2.75, 3.05) is 25.5 Å². The molecule has 0 saturated heterocycles. The van der Waals surface area contributed by atoms with Crippen LogP contribution < -0.4 is 4.90 Å². The van der Waals surface area contributed by atoms with Crippen LogP contribution in [0.4, 0.5) is 5.82 Å². The fourth-order valence-electron chi connectivity index (χ4n) is 3.54. The molecule has 0 spiro atoms. The number of nitrogens with zero attached hydrogens (tertiary/aromatic N) is 5. The number of pyridine rings is 1. The van der Waals surface area contributed by atoms with Crippen molar-refractivity contribution in [1.82, 2.24) is 19.9 Å². The Balaban J connectivity index is 1.71. The molecule has 6 heteroatoms. The number of amides is 1. The monoisotopic (exact) mass is 373 g/mol. The Kier molecular flexibility index (Phi) is 4.77. The number of rotatable bonds is 3. The Morgan fingerprint density at radius 3 is 2.61 bits per heavy atom. The summed E-state index contributed by atoms with van der Waals surface area (Å²) in [7, 11) is 3.98. The number of hydrogen-bond acceptors (Lipinski definition) is 5. The molecule has 0 aliphatic carbocycles. The molecule has 1 aliphatic rings. The smallest absolute Gasteiger partial charge is 0.254 e. The van der Waals surface area contributed by atoms with Crippen LogP contribution in [0.2, 0.25) is 0 Å². The van der Waals surface area contributed by atoms with Gasteiger partial charge >= 0.3 is 0 Å². The lowest BCUT2D eigenvalue weighted by atomic mass is 10.0. The van der Waals surface area contributed by atoms with Gasteiger partial charge in [0, 0.05) is 49.7 Å². The largest absolute Gasteiger partial charge is 0.362 e. The van der Waals surface area contributed by atoms with Crippen LogP contribution in [0.25, 0.3) is 11.4 Å². The molecule has 3 aromatic rings. The maximum atomic E-state index is 13.0. The van der Waals surface area contributed by atoms with E-state index < -0.39 is 0 Å². The number of benzene rings is 1. The van der Waals surface area contributed by atoms with Gasteiger partial charge < -0.3 is 9.80 Å². The highest BCUT2D eigenvalue weighted by atomic mass is 16.2. The molecule has 1 amide bonds. The van der Waals surface area contributed by atoms with Gasteiger partial charge in [-0.2, -0.15) is 0 Å². The molecule has 142 valence electrons. The maximum Gasteiger partial charge on any atom is 0.254 e. The van der Waals surface area contributed by atoms with Gasteiger partial charge in [-0.15, -0.1) is 0 Å². The lowest BCUT2D eigenvalue weighted by Crippen LogP contribution is -2.37. The minimum absolute atomic E-state index is 0.0461. The van der Waals surface area contributed by atoms with Crippen molar-refractivity contribution in [3.05, 3.63) is 71.2 Å². The predicted octanol–water partition coefficient (Wildman–Crippen LogP) is 3.11. The third-order valence-electron chi connectivity index (χ3n) is 4.96. The number of carbonyl (C=O) groups excluding carboxylic acids is 1. The van der Waals surface area contributed by atoms with Crippen LogP contribution in [0.3, 0.4) is 0 Å². The van der Waals surface area contributed by atoms with Gasteiger partial charge in [0.25, 0.3) is 5.91 Å². The maximum absolute atomic E-state index is 13.0. The molecule has 0 unspecified atom stereocenters. The Labute approximate surface area is 164 Å². The van der Waals surface area contributed by atoms with Gasteiger partial charge in [0.05, 0.1) is 12.2 Å². The Hall–Kier alpha value is -3.28. The van der Waals surface area contributed by atoms with Gasteiger partial charge in [0.15, 0.2) is 5.82 Å². The molecule has 0 radical (unpaired) electrons. The highest BCUT2D eigenvalue weighted by Gasteiger charge is 2.27. The Morgan fingerprint density at radius 2 is 1.89 bits per heavy atom. The second-order valence-electron chi connectivity index (χ2n) is 7.27. The number of anilines is 1. The fraction of sp³-hybridized carbons (Fsp3) is 0.273. The van der Waals surface area contributed by atoms with Crippen molar-refractivity contribution in [2.24, 2.45) is 0 Å². The summed E-state index contributed by atoms with van der Waals surface area (Å²) in [6, 6.07) is 11.5. The van der Waals surface area contributed by atoms with E-state index in [0.29, 0.717) is 18.9 Å². The van der Waals surface area contributed by atoms with Crippen molar-refractivity contribution in [3.63, 3.8) is 0 Å². The SMILES string of the molecule is Cc1cccc(C(=O)N2CCc3c(nc(-c4ccncc4)nc3N(C)C)C2)c1. The molecule has 0 bridgehead atoms. The summed E-state index contributed by atoms with van der Waals surface area (Å²) in [4.78, 5) is 30.6. The number of hydrogen-bond donors (Lipinski definition) is 0. The highest BCUT2D eigenvalue weighted by Crippen LogP contribution is 2.29. The first-order valence-electron chi connectivity index (χ1n) is 9.36. The number of carbonyl (C=O) groups is 1. The molecule has 4 rings (SSSR count). The minimum atomic E-state index is 0.0461. The zero-order chi connectivity index (χ0) is 19.7. The van der Waals surface area contributed by atoms with Crippen LogP contribution in [0.5, 0.6) is 0 Å². The number of aromatic nitrogens is 3. The summed E-state index contributed by atoms with van der Waals surface area (Å²) >= 11 is 0. The first kappa shape index (κ1) is 18.1. The van der Waals surface area contributed by atoms with Crippen LogP contribution in [-0.4, -0.2) is 46.4 Å². The van der Waals surface area contributed by atoms with Gasteiger partial charge in [-0.1, -0.05) is 17.7 Å². The molecule has 2 aromatic heterocycles. The van der Waals surface area contributed by atoms with Crippen molar-refractivity contribution in [1.29, 1.82) is 0 Å². The van der Waals surface area contributed by atoms with Crippen LogP contribution >= 0.6 is 0 Å². The van der Waals surface area contributed by atoms with E-state index in [1.54, 1.807) is 12.4 Å². The molecular formula is C22H23N5O. The molecule has 1 aliphatic heterocycles. The third-order valence-corrected chi connectivity index (χ3v) is 4.96. The van der Waals surface area contributed by atoms with Gasteiger partial charge in [0.2, 0.25) is 0 Å². The van der Waals surface area contributed by atoms with E-state index in [0.717, 1.165) is 40.2 Å². The summed E-state index contributed by atoms with van der Waals surface area (Å²) in [6.07, 6.45) is 4.22. The van der Waals surface area contributed by atoms with Gasteiger partial charge in [0.1, 0.15) is 5.82 Å². The summed E-state index contributed by atoms with van der Waals surface area (Å²) in [5.74, 6) is 1.62. The molecule has 1 aromatic carbocycles. The first-order chi connectivity index (χ1) is 13.5. The fourth-order valence-corrected chi connectivity index (χ4v) is 3.54. The van der Waals surface area contributed by atoms with Gasteiger partial charge in [-0.3, -0.25) is 9.78 Å². The van der Waals surface area contributed by atoms with E-state index in [4.69, 9.17) is 9.97 Å². The van der Waals surface area contributed by atoms with E-state index in [1.807, 2.05) is 67.2 Å².